The molecule has 2 aromatic heterocycles. The standard InChI is InChI=1S/C27H28N6O/c1-19(2)20-7-8-24(31-27(34)22-15-21-5-3-4-6-23(21)30-17-22)25(16-20)32-11-13-33(14-12-32)26-18-28-9-10-29-26/h3-10,15-19H,11-14H2,1-2H3,(H,31,34). The maximum atomic E-state index is 13.2. The Kier molecular flexibility index (Phi) is 6.08. The Labute approximate surface area is 199 Å². The summed E-state index contributed by atoms with van der Waals surface area (Å²) in [6.07, 6.45) is 6.86. The van der Waals surface area contributed by atoms with Crippen molar-refractivity contribution in [3.63, 3.8) is 0 Å². The quantitative estimate of drug-likeness (QED) is 0.472. The van der Waals surface area contributed by atoms with E-state index in [0.29, 0.717) is 11.5 Å². The number of piperazine rings is 1. The van der Waals surface area contributed by atoms with Gasteiger partial charge in [0.15, 0.2) is 0 Å². The van der Waals surface area contributed by atoms with E-state index in [-0.39, 0.29) is 5.91 Å². The summed E-state index contributed by atoms with van der Waals surface area (Å²) in [5.41, 5.74) is 4.53. The van der Waals surface area contributed by atoms with E-state index in [1.165, 1.54) is 5.56 Å². The number of hydrogen-bond donors (Lipinski definition) is 1. The SMILES string of the molecule is CC(C)c1ccc(NC(=O)c2cnc3ccccc3c2)c(N2CCN(c3cnccn3)CC2)c1. The van der Waals surface area contributed by atoms with Gasteiger partial charge in [0, 0.05) is 50.2 Å². The van der Waals surface area contributed by atoms with Gasteiger partial charge in [-0.2, -0.15) is 0 Å². The second kappa shape index (κ2) is 9.47. The van der Waals surface area contributed by atoms with E-state index in [2.05, 4.69) is 56.0 Å². The van der Waals surface area contributed by atoms with Crippen molar-refractivity contribution < 1.29 is 4.79 Å². The molecule has 1 fully saturated rings. The molecule has 0 unspecified atom stereocenters. The lowest BCUT2D eigenvalue weighted by molar-refractivity contribution is 0.102. The minimum atomic E-state index is -0.157. The van der Waals surface area contributed by atoms with Crippen LogP contribution in [0.2, 0.25) is 0 Å². The van der Waals surface area contributed by atoms with Crippen molar-refractivity contribution >= 4 is 34.0 Å². The molecule has 3 heterocycles. The minimum Gasteiger partial charge on any atom is -0.366 e. The molecule has 0 aliphatic carbocycles. The highest BCUT2D eigenvalue weighted by atomic mass is 16.1. The predicted octanol–water partition coefficient (Wildman–Crippen LogP) is 4.73. The second-order valence-electron chi connectivity index (χ2n) is 8.84. The number of carbonyl (C=O) groups excluding carboxylic acids is 1. The van der Waals surface area contributed by atoms with Gasteiger partial charge in [-0.1, -0.05) is 38.1 Å². The van der Waals surface area contributed by atoms with Crippen LogP contribution in [0.3, 0.4) is 0 Å². The zero-order valence-corrected chi connectivity index (χ0v) is 19.5. The van der Waals surface area contributed by atoms with Crippen molar-refractivity contribution in [3.8, 4) is 0 Å². The molecule has 5 rings (SSSR count). The molecule has 1 saturated heterocycles. The zero-order valence-electron chi connectivity index (χ0n) is 19.5. The monoisotopic (exact) mass is 452 g/mol. The van der Waals surface area contributed by atoms with Crippen molar-refractivity contribution in [2.45, 2.75) is 19.8 Å². The molecule has 172 valence electrons. The smallest absolute Gasteiger partial charge is 0.257 e. The van der Waals surface area contributed by atoms with Crippen molar-refractivity contribution in [2.24, 2.45) is 0 Å². The molecular weight excluding hydrogens is 424 g/mol. The van der Waals surface area contributed by atoms with Gasteiger partial charge in [0.1, 0.15) is 5.82 Å². The van der Waals surface area contributed by atoms with E-state index in [1.54, 1.807) is 24.8 Å². The Morgan fingerprint density at radius 2 is 1.71 bits per heavy atom. The van der Waals surface area contributed by atoms with E-state index in [1.807, 2.05) is 36.4 Å². The number of para-hydroxylation sites is 1. The predicted molar refractivity (Wildman–Crippen MR) is 137 cm³/mol. The maximum absolute atomic E-state index is 13.2. The first-order chi connectivity index (χ1) is 16.6. The molecule has 34 heavy (non-hydrogen) atoms. The van der Waals surface area contributed by atoms with Gasteiger partial charge in [0.05, 0.1) is 28.7 Å². The summed E-state index contributed by atoms with van der Waals surface area (Å²) in [6, 6.07) is 16.0. The number of fused-ring (bicyclic) bond motifs is 1. The topological polar surface area (TPSA) is 74.2 Å². The third kappa shape index (κ3) is 4.55. The van der Waals surface area contributed by atoms with Gasteiger partial charge in [-0.05, 0) is 35.7 Å². The van der Waals surface area contributed by atoms with Crippen LogP contribution in [0.15, 0.2) is 73.3 Å². The highest BCUT2D eigenvalue weighted by Gasteiger charge is 2.22. The van der Waals surface area contributed by atoms with Crippen LogP contribution in [0.5, 0.6) is 0 Å². The molecular formula is C27H28N6O. The summed E-state index contributed by atoms with van der Waals surface area (Å²) in [4.78, 5) is 30.8. The summed E-state index contributed by atoms with van der Waals surface area (Å²) in [6.45, 7) is 7.71. The molecule has 1 aliphatic rings. The molecule has 2 aromatic carbocycles. The lowest BCUT2D eigenvalue weighted by atomic mass is 10.0. The van der Waals surface area contributed by atoms with Crippen LogP contribution >= 0.6 is 0 Å². The van der Waals surface area contributed by atoms with Crippen LogP contribution in [0, 0.1) is 0 Å². The van der Waals surface area contributed by atoms with Crippen molar-refractivity contribution in [3.05, 3.63) is 84.4 Å². The minimum absolute atomic E-state index is 0.157. The molecule has 0 saturated carbocycles. The Morgan fingerprint density at radius 1 is 0.912 bits per heavy atom. The molecule has 1 N–H and O–H groups in total. The molecule has 7 heteroatoms. The summed E-state index contributed by atoms with van der Waals surface area (Å²) < 4.78 is 0. The molecule has 4 aromatic rings. The Hall–Kier alpha value is -4.00. The number of nitrogens with one attached hydrogen (secondary N) is 1. The van der Waals surface area contributed by atoms with E-state index in [4.69, 9.17) is 0 Å². The fourth-order valence-corrected chi connectivity index (χ4v) is 4.30. The molecule has 0 spiro atoms. The average molecular weight is 453 g/mol. The Bertz CT molecular complexity index is 1300. The van der Waals surface area contributed by atoms with Crippen LogP contribution in [0.25, 0.3) is 10.9 Å². The summed E-state index contributed by atoms with van der Waals surface area (Å²) >= 11 is 0. The van der Waals surface area contributed by atoms with Crippen molar-refractivity contribution in [2.75, 3.05) is 41.3 Å². The number of anilines is 3. The molecule has 1 aliphatic heterocycles. The number of pyridine rings is 1. The maximum Gasteiger partial charge on any atom is 0.257 e. The summed E-state index contributed by atoms with van der Waals surface area (Å²) in [5.74, 6) is 1.14. The number of nitrogens with zero attached hydrogens (tertiary/aromatic N) is 5. The fourth-order valence-electron chi connectivity index (χ4n) is 4.30. The van der Waals surface area contributed by atoms with Gasteiger partial charge in [-0.15, -0.1) is 0 Å². The first-order valence-corrected chi connectivity index (χ1v) is 11.6. The number of rotatable bonds is 5. The van der Waals surface area contributed by atoms with E-state index in [9.17, 15) is 4.79 Å². The van der Waals surface area contributed by atoms with E-state index in [0.717, 1.165) is 54.3 Å². The van der Waals surface area contributed by atoms with Crippen LogP contribution in [0.4, 0.5) is 17.2 Å². The van der Waals surface area contributed by atoms with Gasteiger partial charge in [-0.3, -0.25) is 14.8 Å². The molecule has 0 atom stereocenters. The molecule has 0 radical (unpaired) electrons. The largest absolute Gasteiger partial charge is 0.366 e. The number of hydrogen-bond acceptors (Lipinski definition) is 6. The summed E-state index contributed by atoms with van der Waals surface area (Å²) in [5, 5.41) is 4.09. The van der Waals surface area contributed by atoms with Crippen LogP contribution < -0.4 is 15.1 Å². The van der Waals surface area contributed by atoms with Gasteiger partial charge < -0.3 is 15.1 Å². The van der Waals surface area contributed by atoms with Crippen LogP contribution in [-0.4, -0.2) is 47.0 Å². The third-order valence-electron chi connectivity index (χ3n) is 6.28. The highest BCUT2D eigenvalue weighted by Crippen LogP contribution is 2.32. The molecule has 1 amide bonds. The van der Waals surface area contributed by atoms with E-state index < -0.39 is 0 Å². The highest BCUT2D eigenvalue weighted by molar-refractivity contribution is 6.07. The fraction of sp³-hybridized carbons (Fsp3) is 0.259. The second-order valence-corrected chi connectivity index (χ2v) is 8.84. The zero-order chi connectivity index (χ0) is 23.5. The molecule has 7 nitrogen and oxygen atoms in total. The Morgan fingerprint density at radius 3 is 2.47 bits per heavy atom. The number of benzene rings is 2. The number of aromatic nitrogens is 3. The van der Waals surface area contributed by atoms with Crippen LogP contribution in [-0.2, 0) is 0 Å². The van der Waals surface area contributed by atoms with Gasteiger partial charge in [-0.25, -0.2) is 4.98 Å². The summed E-state index contributed by atoms with van der Waals surface area (Å²) in [7, 11) is 0. The lowest BCUT2D eigenvalue weighted by Gasteiger charge is -2.37. The van der Waals surface area contributed by atoms with Gasteiger partial charge in [0.2, 0.25) is 0 Å². The van der Waals surface area contributed by atoms with Crippen molar-refractivity contribution in [1.29, 1.82) is 0 Å². The normalized spacial score (nSPS) is 14.0. The van der Waals surface area contributed by atoms with Crippen LogP contribution in [0.1, 0.15) is 35.7 Å². The Balaban J connectivity index is 1.38. The number of amides is 1. The lowest BCUT2D eigenvalue weighted by Crippen LogP contribution is -2.47. The molecule has 0 bridgehead atoms. The van der Waals surface area contributed by atoms with Gasteiger partial charge >= 0.3 is 0 Å². The van der Waals surface area contributed by atoms with Gasteiger partial charge in [0.25, 0.3) is 5.91 Å². The number of carbonyl (C=O) groups is 1. The van der Waals surface area contributed by atoms with Crippen molar-refractivity contribution in [1.82, 2.24) is 15.0 Å². The average Bonchev–Trinajstić information content (AvgIpc) is 2.89. The first-order valence-electron chi connectivity index (χ1n) is 11.6. The first kappa shape index (κ1) is 21.8. The third-order valence-corrected chi connectivity index (χ3v) is 6.28. The van der Waals surface area contributed by atoms with E-state index >= 15 is 0 Å².